The zero-order chi connectivity index (χ0) is 18.8. The molecule has 0 fully saturated rings. The van der Waals surface area contributed by atoms with Gasteiger partial charge in [-0.3, -0.25) is 4.98 Å². The topological polar surface area (TPSA) is 89.9 Å². The van der Waals surface area contributed by atoms with Crippen LogP contribution in [0.1, 0.15) is 30.0 Å². The molecule has 0 aliphatic carbocycles. The van der Waals surface area contributed by atoms with E-state index in [0.717, 1.165) is 33.8 Å². The molecule has 27 heavy (non-hydrogen) atoms. The number of aromatic nitrogens is 4. The normalized spacial score (nSPS) is 12.1. The van der Waals surface area contributed by atoms with E-state index < -0.39 is 0 Å². The van der Waals surface area contributed by atoms with Crippen LogP contribution in [-0.4, -0.2) is 20.1 Å². The maximum Gasteiger partial charge on any atom is 0.223 e. The first-order valence-electron chi connectivity index (χ1n) is 8.63. The molecule has 0 amide bonds. The molecular weight excluding hydrogens is 342 g/mol. The van der Waals surface area contributed by atoms with Crippen LogP contribution in [0.25, 0.3) is 22.6 Å². The lowest BCUT2D eigenvalue weighted by Crippen LogP contribution is -2.10. The molecule has 7 nitrogen and oxygen atoms in total. The largest absolute Gasteiger partial charge is 0.469 e. The first kappa shape index (κ1) is 17.0. The number of anilines is 1. The van der Waals surface area contributed by atoms with Crippen LogP contribution in [0.4, 0.5) is 5.95 Å². The Morgan fingerprint density at radius 3 is 2.67 bits per heavy atom. The zero-order valence-corrected chi connectivity index (χ0v) is 15.3. The predicted octanol–water partition coefficient (Wildman–Crippen LogP) is 4.58. The Hall–Kier alpha value is -3.48. The predicted molar refractivity (Wildman–Crippen MR) is 101 cm³/mol. The lowest BCUT2D eigenvalue weighted by Gasteiger charge is -2.15. The van der Waals surface area contributed by atoms with Gasteiger partial charge in [-0.15, -0.1) is 0 Å². The van der Waals surface area contributed by atoms with Crippen molar-refractivity contribution in [2.45, 2.75) is 26.8 Å². The van der Waals surface area contributed by atoms with E-state index in [1.54, 1.807) is 18.7 Å². The summed E-state index contributed by atoms with van der Waals surface area (Å²) in [6.45, 7) is 5.82. The van der Waals surface area contributed by atoms with E-state index >= 15 is 0 Å². The first-order chi connectivity index (χ1) is 13.1. The molecule has 4 rings (SSSR count). The molecule has 0 aromatic carbocycles. The second-order valence-electron chi connectivity index (χ2n) is 6.33. The highest BCUT2D eigenvalue weighted by Crippen LogP contribution is 2.33. The van der Waals surface area contributed by atoms with Crippen LogP contribution >= 0.6 is 0 Å². The standard InChI is InChI=1S/C20H19N5O2/c1-12-9-18(27-25-12)17-11-22-20(23-13(2)15-5-4-7-21-10-15)24-19(17)16-6-8-26-14(16)3/h4-11,13H,1-3H3,(H,22,23,24)/t13-/m0/s1. The molecule has 4 aromatic rings. The van der Waals surface area contributed by atoms with E-state index in [2.05, 4.69) is 20.4 Å². The highest BCUT2D eigenvalue weighted by Gasteiger charge is 2.19. The summed E-state index contributed by atoms with van der Waals surface area (Å²) in [5.74, 6) is 1.91. The van der Waals surface area contributed by atoms with E-state index in [1.807, 2.05) is 51.2 Å². The van der Waals surface area contributed by atoms with Crippen LogP contribution in [0.15, 0.2) is 58.1 Å². The fourth-order valence-corrected chi connectivity index (χ4v) is 2.87. The molecule has 1 atom stereocenters. The molecule has 0 radical (unpaired) electrons. The molecule has 1 N–H and O–H groups in total. The van der Waals surface area contributed by atoms with Gasteiger partial charge in [0, 0.05) is 30.2 Å². The van der Waals surface area contributed by atoms with Crippen LogP contribution in [-0.2, 0) is 0 Å². The summed E-state index contributed by atoms with van der Waals surface area (Å²) in [6.07, 6.45) is 6.96. The Bertz CT molecular complexity index is 1060. The highest BCUT2D eigenvalue weighted by molar-refractivity contribution is 5.79. The smallest absolute Gasteiger partial charge is 0.223 e. The summed E-state index contributed by atoms with van der Waals surface area (Å²) >= 11 is 0. The maximum atomic E-state index is 5.47. The third kappa shape index (κ3) is 3.44. The Balaban J connectivity index is 1.74. The minimum absolute atomic E-state index is 0.00960. The van der Waals surface area contributed by atoms with E-state index in [-0.39, 0.29) is 6.04 Å². The van der Waals surface area contributed by atoms with Crippen molar-refractivity contribution in [1.82, 2.24) is 20.1 Å². The monoisotopic (exact) mass is 361 g/mol. The van der Waals surface area contributed by atoms with Gasteiger partial charge in [-0.2, -0.15) is 0 Å². The van der Waals surface area contributed by atoms with E-state index in [0.29, 0.717) is 11.7 Å². The lowest BCUT2D eigenvalue weighted by molar-refractivity contribution is 0.427. The molecular formula is C20H19N5O2. The number of hydrogen-bond acceptors (Lipinski definition) is 7. The number of furan rings is 1. The zero-order valence-electron chi connectivity index (χ0n) is 15.3. The molecule has 4 aromatic heterocycles. The van der Waals surface area contributed by atoms with Crippen molar-refractivity contribution in [1.29, 1.82) is 0 Å². The fourth-order valence-electron chi connectivity index (χ4n) is 2.87. The van der Waals surface area contributed by atoms with Crippen molar-refractivity contribution < 1.29 is 8.94 Å². The Morgan fingerprint density at radius 1 is 1.11 bits per heavy atom. The van der Waals surface area contributed by atoms with Gasteiger partial charge in [0.1, 0.15) is 5.76 Å². The van der Waals surface area contributed by atoms with E-state index in [9.17, 15) is 0 Å². The summed E-state index contributed by atoms with van der Waals surface area (Å²) in [7, 11) is 0. The Kier molecular flexibility index (Phi) is 4.42. The van der Waals surface area contributed by atoms with Crippen molar-refractivity contribution in [2.75, 3.05) is 5.32 Å². The van der Waals surface area contributed by atoms with Gasteiger partial charge in [0.15, 0.2) is 5.76 Å². The van der Waals surface area contributed by atoms with Gasteiger partial charge in [0.25, 0.3) is 0 Å². The molecule has 0 aliphatic rings. The van der Waals surface area contributed by atoms with Gasteiger partial charge in [-0.25, -0.2) is 9.97 Å². The molecule has 136 valence electrons. The minimum Gasteiger partial charge on any atom is -0.469 e. The number of aryl methyl sites for hydroxylation is 2. The minimum atomic E-state index is 0.00960. The summed E-state index contributed by atoms with van der Waals surface area (Å²) in [4.78, 5) is 13.4. The van der Waals surface area contributed by atoms with E-state index in [1.165, 1.54) is 0 Å². The second kappa shape index (κ2) is 7.03. The Morgan fingerprint density at radius 2 is 2.00 bits per heavy atom. The average molecular weight is 361 g/mol. The molecule has 4 heterocycles. The first-order valence-corrected chi connectivity index (χ1v) is 8.63. The SMILES string of the molecule is Cc1cc(-c2cnc(N[C@@H](C)c3cccnc3)nc2-c2ccoc2C)on1. The third-order valence-corrected chi connectivity index (χ3v) is 4.33. The van der Waals surface area contributed by atoms with E-state index in [4.69, 9.17) is 13.9 Å². The highest BCUT2D eigenvalue weighted by atomic mass is 16.5. The second-order valence-corrected chi connectivity index (χ2v) is 6.33. The van der Waals surface area contributed by atoms with Crippen LogP contribution in [0, 0.1) is 13.8 Å². The van der Waals surface area contributed by atoms with Crippen molar-refractivity contribution in [3.8, 4) is 22.6 Å². The number of nitrogens with zero attached hydrogens (tertiary/aromatic N) is 4. The van der Waals surface area contributed by atoms with Crippen LogP contribution in [0.5, 0.6) is 0 Å². The van der Waals surface area contributed by atoms with Crippen molar-refractivity contribution in [3.05, 3.63) is 66.1 Å². The van der Waals surface area contributed by atoms with Gasteiger partial charge in [-0.1, -0.05) is 11.2 Å². The number of hydrogen-bond donors (Lipinski definition) is 1. The number of rotatable bonds is 5. The quantitative estimate of drug-likeness (QED) is 0.556. The third-order valence-electron chi connectivity index (χ3n) is 4.33. The molecule has 0 aliphatic heterocycles. The van der Waals surface area contributed by atoms with Gasteiger partial charge in [0.2, 0.25) is 5.95 Å². The molecule has 0 spiro atoms. The Labute approximate surface area is 156 Å². The summed E-state index contributed by atoms with van der Waals surface area (Å²) in [5.41, 5.74) is 4.23. The summed E-state index contributed by atoms with van der Waals surface area (Å²) in [5, 5.41) is 7.30. The number of pyridine rings is 1. The average Bonchev–Trinajstić information content (AvgIpc) is 3.30. The molecule has 0 saturated heterocycles. The molecule has 0 saturated carbocycles. The van der Waals surface area contributed by atoms with Gasteiger partial charge in [-0.05, 0) is 38.5 Å². The summed E-state index contributed by atoms with van der Waals surface area (Å²) < 4.78 is 10.9. The molecule has 0 unspecified atom stereocenters. The van der Waals surface area contributed by atoms with Crippen molar-refractivity contribution in [2.24, 2.45) is 0 Å². The van der Waals surface area contributed by atoms with Crippen LogP contribution in [0.2, 0.25) is 0 Å². The number of nitrogens with one attached hydrogen (secondary N) is 1. The van der Waals surface area contributed by atoms with Crippen molar-refractivity contribution >= 4 is 5.95 Å². The van der Waals surface area contributed by atoms with Crippen molar-refractivity contribution in [3.63, 3.8) is 0 Å². The molecule has 0 bridgehead atoms. The van der Waals surface area contributed by atoms with Crippen LogP contribution < -0.4 is 5.32 Å². The van der Waals surface area contributed by atoms with Crippen LogP contribution in [0.3, 0.4) is 0 Å². The fraction of sp³-hybridized carbons (Fsp3) is 0.200. The lowest BCUT2D eigenvalue weighted by atomic mass is 10.1. The van der Waals surface area contributed by atoms with Gasteiger partial charge < -0.3 is 14.3 Å². The maximum absolute atomic E-state index is 5.47. The summed E-state index contributed by atoms with van der Waals surface area (Å²) in [6, 6.07) is 7.68. The van der Waals surface area contributed by atoms with Gasteiger partial charge in [0.05, 0.1) is 29.3 Å². The van der Waals surface area contributed by atoms with Gasteiger partial charge >= 0.3 is 0 Å². The molecule has 7 heteroatoms.